The van der Waals surface area contributed by atoms with Gasteiger partial charge in [-0.05, 0) is 25.0 Å². The molecule has 13 heavy (non-hydrogen) atoms. The van der Waals surface area contributed by atoms with Crippen LogP contribution in [0.1, 0.15) is 12.8 Å². The fraction of sp³-hybridized carbons (Fsp3) is 0.333. The van der Waals surface area contributed by atoms with E-state index in [1.807, 2.05) is 0 Å². The second kappa shape index (κ2) is 3.12. The summed E-state index contributed by atoms with van der Waals surface area (Å²) < 4.78 is 13.0. The van der Waals surface area contributed by atoms with Crippen molar-refractivity contribution in [2.45, 2.75) is 12.8 Å². The molecule has 0 bridgehead atoms. The van der Waals surface area contributed by atoms with Crippen molar-refractivity contribution in [1.29, 1.82) is 0 Å². The summed E-state index contributed by atoms with van der Waals surface area (Å²) in [6, 6.07) is 2.76. The Morgan fingerprint density at radius 1 is 1.62 bits per heavy atom. The highest BCUT2D eigenvalue weighted by atomic mass is 19.1. The molecular weight excluding hydrogens is 171 g/mol. The smallest absolute Gasteiger partial charge is 0.228 e. The first-order chi connectivity index (χ1) is 6.27. The molecule has 0 aliphatic heterocycles. The van der Waals surface area contributed by atoms with Crippen molar-refractivity contribution >= 4 is 11.7 Å². The molecule has 2 rings (SSSR count). The Balaban J connectivity index is 2.08. The molecule has 0 aromatic carbocycles. The molecule has 1 fully saturated rings. The van der Waals surface area contributed by atoms with E-state index in [0.717, 1.165) is 12.8 Å². The van der Waals surface area contributed by atoms with E-state index in [9.17, 15) is 9.18 Å². The number of hydrogen-bond donors (Lipinski definition) is 1. The largest absolute Gasteiger partial charge is 0.308 e. The molecular formula is C9H9FN2O. The van der Waals surface area contributed by atoms with Gasteiger partial charge in [0.15, 0.2) is 11.6 Å². The maximum Gasteiger partial charge on any atom is 0.228 e. The van der Waals surface area contributed by atoms with Crippen LogP contribution in [0.5, 0.6) is 0 Å². The summed E-state index contributed by atoms with van der Waals surface area (Å²) in [6.07, 6.45) is 3.26. The van der Waals surface area contributed by atoms with E-state index < -0.39 is 5.82 Å². The van der Waals surface area contributed by atoms with Crippen molar-refractivity contribution in [3.8, 4) is 0 Å². The van der Waals surface area contributed by atoms with Crippen LogP contribution < -0.4 is 5.32 Å². The summed E-state index contributed by atoms with van der Waals surface area (Å²) in [5, 5.41) is 2.45. The molecule has 1 aromatic rings. The first-order valence-electron chi connectivity index (χ1n) is 4.19. The minimum atomic E-state index is -0.489. The molecule has 1 amide bonds. The maximum absolute atomic E-state index is 13.0. The average Bonchev–Trinajstić information content (AvgIpc) is 2.91. The molecule has 0 unspecified atom stereocenters. The number of hydrogen-bond acceptors (Lipinski definition) is 2. The summed E-state index contributed by atoms with van der Waals surface area (Å²) in [5.41, 5.74) is 0. The number of nitrogens with zero attached hydrogens (tertiary/aromatic N) is 1. The van der Waals surface area contributed by atoms with Crippen LogP contribution in [0.2, 0.25) is 0 Å². The number of pyridine rings is 1. The molecule has 0 atom stereocenters. The van der Waals surface area contributed by atoms with Gasteiger partial charge < -0.3 is 5.32 Å². The zero-order valence-electron chi connectivity index (χ0n) is 6.96. The summed E-state index contributed by atoms with van der Waals surface area (Å²) >= 11 is 0. The molecule has 4 heteroatoms. The first kappa shape index (κ1) is 8.16. The van der Waals surface area contributed by atoms with E-state index in [1.165, 1.54) is 18.3 Å². The fourth-order valence-corrected chi connectivity index (χ4v) is 1.04. The first-order valence-corrected chi connectivity index (χ1v) is 4.19. The van der Waals surface area contributed by atoms with Crippen molar-refractivity contribution in [2.24, 2.45) is 5.92 Å². The molecule has 1 N–H and O–H groups in total. The van der Waals surface area contributed by atoms with Gasteiger partial charge in [0.1, 0.15) is 0 Å². The minimum absolute atomic E-state index is 0.0272. The van der Waals surface area contributed by atoms with Gasteiger partial charge >= 0.3 is 0 Å². The number of nitrogens with one attached hydrogen (secondary N) is 1. The Hall–Kier alpha value is -1.45. The van der Waals surface area contributed by atoms with E-state index in [1.54, 1.807) is 0 Å². The second-order valence-electron chi connectivity index (χ2n) is 3.10. The number of carbonyl (C=O) groups is 1. The van der Waals surface area contributed by atoms with Crippen LogP contribution in [-0.2, 0) is 4.79 Å². The molecule has 3 nitrogen and oxygen atoms in total. The van der Waals surface area contributed by atoms with E-state index in [4.69, 9.17) is 0 Å². The van der Waals surface area contributed by atoms with Gasteiger partial charge in [-0.2, -0.15) is 0 Å². The van der Waals surface area contributed by atoms with Crippen molar-refractivity contribution < 1.29 is 9.18 Å². The maximum atomic E-state index is 13.0. The third-order valence-electron chi connectivity index (χ3n) is 1.95. The monoisotopic (exact) mass is 180 g/mol. The van der Waals surface area contributed by atoms with Crippen molar-refractivity contribution in [2.75, 3.05) is 5.32 Å². The Morgan fingerprint density at radius 3 is 3.00 bits per heavy atom. The van der Waals surface area contributed by atoms with Crippen LogP contribution in [-0.4, -0.2) is 10.9 Å². The third kappa shape index (κ3) is 1.83. The topological polar surface area (TPSA) is 42.0 Å². The predicted octanol–water partition coefficient (Wildman–Crippen LogP) is 1.57. The molecule has 0 spiro atoms. The molecule has 1 heterocycles. The Labute approximate surface area is 75.0 Å². The number of aromatic nitrogens is 1. The quantitative estimate of drug-likeness (QED) is 0.750. The van der Waals surface area contributed by atoms with E-state index in [-0.39, 0.29) is 17.6 Å². The summed E-state index contributed by atoms with van der Waals surface area (Å²) in [7, 11) is 0. The van der Waals surface area contributed by atoms with Gasteiger partial charge in [-0.15, -0.1) is 0 Å². The zero-order valence-corrected chi connectivity index (χ0v) is 6.96. The number of amides is 1. The number of halogens is 1. The van der Waals surface area contributed by atoms with Crippen LogP contribution in [0.3, 0.4) is 0 Å². The third-order valence-corrected chi connectivity index (χ3v) is 1.95. The van der Waals surface area contributed by atoms with E-state index in [0.29, 0.717) is 0 Å². The van der Waals surface area contributed by atoms with Crippen LogP contribution in [0.25, 0.3) is 0 Å². The average molecular weight is 180 g/mol. The van der Waals surface area contributed by atoms with Crippen molar-refractivity contribution in [1.82, 2.24) is 4.98 Å². The fourth-order valence-electron chi connectivity index (χ4n) is 1.04. The van der Waals surface area contributed by atoms with Gasteiger partial charge in [-0.1, -0.05) is 0 Å². The van der Waals surface area contributed by atoms with Crippen LogP contribution >= 0.6 is 0 Å². The highest BCUT2D eigenvalue weighted by Gasteiger charge is 2.30. The van der Waals surface area contributed by atoms with Crippen LogP contribution in [0, 0.1) is 11.7 Å². The Bertz CT molecular complexity index is 336. The minimum Gasteiger partial charge on any atom is -0.308 e. The normalized spacial score (nSPS) is 15.5. The van der Waals surface area contributed by atoms with Gasteiger partial charge in [-0.25, -0.2) is 9.37 Å². The lowest BCUT2D eigenvalue weighted by Gasteiger charge is -2.02. The lowest BCUT2D eigenvalue weighted by Crippen LogP contribution is -2.15. The van der Waals surface area contributed by atoms with Gasteiger partial charge in [-0.3, -0.25) is 4.79 Å². The van der Waals surface area contributed by atoms with Gasteiger partial charge in [0, 0.05) is 12.1 Å². The van der Waals surface area contributed by atoms with Crippen molar-refractivity contribution in [3.63, 3.8) is 0 Å². The zero-order chi connectivity index (χ0) is 9.26. The number of carbonyl (C=O) groups excluding carboxylic acids is 1. The second-order valence-corrected chi connectivity index (χ2v) is 3.10. The lowest BCUT2D eigenvalue weighted by atomic mass is 10.4. The molecule has 1 saturated carbocycles. The highest BCUT2D eigenvalue weighted by Crippen LogP contribution is 2.30. The Kier molecular flexibility index (Phi) is 1.96. The molecule has 1 aliphatic rings. The molecule has 0 saturated heterocycles. The summed E-state index contributed by atoms with van der Waals surface area (Å²) in [6.45, 7) is 0. The Morgan fingerprint density at radius 2 is 2.38 bits per heavy atom. The van der Waals surface area contributed by atoms with E-state index >= 15 is 0 Å². The summed E-state index contributed by atoms with van der Waals surface area (Å²) in [4.78, 5) is 14.9. The van der Waals surface area contributed by atoms with Gasteiger partial charge in [0.25, 0.3) is 0 Å². The molecule has 0 radical (unpaired) electrons. The SMILES string of the molecule is O=C(Nc1ncccc1F)C1CC1. The highest BCUT2D eigenvalue weighted by molar-refractivity contribution is 5.93. The van der Waals surface area contributed by atoms with Crippen LogP contribution in [0.4, 0.5) is 10.2 Å². The number of anilines is 1. The van der Waals surface area contributed by atoms with Crippen molar-refractivity contribution in [3.05, 3.63) is 24.1 Å². The lowest BCUT2D eigenvalue weighted by molar-refractivity contribution is -0.117. The number of rotatable bonds is 2. The van der Waals surface area contributed by atoms with Gasteiger partial charge in [0.2, 0.25) is 5.91 Å². The molecule has 68 valence electrons. The summed E-state index contributed by atoms with van der Waals surface area (Å²) in [5.74, 6) is -0.519. The molecule has 1 aliphatic carbocycles. The van der Waals surface area contributed by atoms with Crippen LogP contribution in [0.15, 0.2) is 18.3 Å². The standard InChI is InChI=1S/C9H9FN2O/c10-7-2-1-5-11-8(7)12-9(13)6-3-4-6/h1-2,5-6H,3-4H2,(H,11,12,13). The molecule has 1 aromatic heterocycles. The van der Waals surface area contributed by atoms with E-state index in [2.05, 4.69) is 10.3 Å². The van der Waals surface area contributed by atoms with Gasteiger partial charge in [0.05, 0.1) is 0 Å². The predicted molar refractivity (Wildman–Crippen MR) is 45.5 cm³/mol.